The summed E-state index contributed by atoms with van der Waals surface area (Å²) in [5.74, 6) is 1.39. The van der Waals surface area contributed by atoms with Crippen LogP contribution in [-0.2, 0) is 6.42 Å². The zero-order valence-corrected chi connectivity index (χ0v) is 8.12. The summed E-state index contributed by atoms with van der Waals surface area (Å²) in [5, 5.41) is 0. The zero-order valence-electron chi connectivity index (χ0n) is 8.12. The molecule has 0 fully saturated rings. The van der Waals surface area contributed by atoms with E-state index in [0.717, 1.165) is 18.9 Å². The van der Waals surface area contributed by atoms with Crippen LogP contribution >= 0.6 is 0 Å². The van der Waals surface area contributed by atoms with Crippen LogP contribution in [0.5, 0.6) is 0 Å². The summed E-state index contributed by atoms with van der Waals surface area (Å²) in [6, 6.07) is 0. The monoisotopic (exact) mass is 179 g/mol. The van der Waals surface area contributed by atoms with Gasteiger partial charge in [0.25, 0.3) is 0 Å². The molecular formula is C11H17NO. The van der Waals surface area contributed by atoms with Gasteiger partial charge in [-0.2, -0.15) is 0 Å². The second-order valence-electron chi connectivity index (χ2n) is 4.05. The van der Waals surface area contributed by atoms with Gasteiger partial charge < -0.3 is 10.2 Å². The highest BCUT2D eigenvalue weighted by atomic mass is 16.3. The van der Waals surface area contributed by atoms with Crippen molar-refractivity contribution in [2.45, 2.75) is 32.1 Å². The minimum atomic E-state index is 0.632. The third-order valence-electron chi connectivity index (χ3n) is 3.21. The maximum Gasteiger partial charge on any atom is 0.0940 e. The van der Waals surface area contributed by atoms with Gasteiger partial charge in [-0.25, -0.2) is 0 Å². The number of nitrogens with two attached hydrogens (primary N) is 1. The van der Waals surface area contributed by atoms with Crippen molar-refractivity contribution in [3.05, 3.63) is 23.7 Å². The normalized spacial score (nSPS) is 27.2. The Bertz CT molecular complexity index is 279. The van der Waals surface area contributed by atoms with Gasteiger partial charge in [0.2, 0.25) is 0 Å². The molecule has 1 aliphatic rings. The van der Waals surface area contributed by atoms with Gasteiger partial charge in [-0.1, -0.05) is 6.92 Å². The Morgan fingerprint density at radius 2 is 2.38 bits per heavy atom. The molecule has 72 valence electrons. The second kappa shape index (κ2) is 3.54. The fourth-order valence-electron chi connectivity index (χ4n) is 2.37. The Morgan fingerprint density at radius 1 is 1.54 bits per heavy atom. The first kappa shape index (κ1) is 8.82. The molecule has 2 N–H and O–H groups in total. The van der Waals surface area contributed by atoms with Gasteiger partial charge in [0.1, 0.15) is 0 Å². The first-order valence-electron chi connectivity index (χ1n) is 5.08. The molecule has 0 radical (unpaired) electrons. The minimum absolute atomic E-state index is 0.632. The molecule has 1 aromatic rings. The van der Waals surface area contributed by atoms with E-state index in [1.807, 2.05) is 12.5 Å². The van der Waals surface area contributed by atoms with Crippen LogP contribution in [0, 0.1) is 5.92 Å². The molecule has 2 rings (SSSR count). The van der Waals surface area contributed by atoms with E-state index in [0.29, 0.717) is 5.92 Å². The largest absolute Gasteiger partial charge is 0.472 e. The summed E-state index contributed by atoms with van der Waals surface area (Å²) >= 11 is 0. The van der Waals surface area contributed by atoms with E-state index in [-0.39, 0.29) is 0 Å². The van der Waals surface area contributed by atoms with Crippen molar-refractivity contribution in [3.8, 4) is 0 Å². The lowest BCUT2D eigenvalue weighted by atomic mass is 9.76. The predicted octanol–water partition coefficient (Wildman–Crippen LogP) is 2.29. The Hall–Kier alpha value is -0.760. The molecule has 2 unspecified atom stereocenters. The molecule has 1 heterocycles. The number of rotatable bonds is 2. The maximum absolute atomic E-state index is 5.62. The average Bonchev–Trinajstić information content (AvgIpc) is 2.58. The molecule has 0 saturated heterocycles. The number of furan rings is 1. The highest BCUT2D eigenvalue weighted by Crippen LogP contribution is 2.38. The summed E-state index contributed by atoms with van der Waals surface area (Å²) in [5.41, 5.74) is 8.42. The lowest BCUT2D eigenvalue weighted by molar-refractivity contribution is 0.388. The third-order valence-corrected chi connectivity index (χ3v) is 3.21. The van der Waals surface area contributed by atoms with E-state index in [9.17, 15) is 0 Å². The molecule has 1 aliphatic carbocycles. The van der Waals surface area contributed by atoms with Crippen molar-refractivity contribution in [1.82, 2.24) is 0 Å². The van der Waals surface area contributed by atoms with Crippen LogP contribution in [0.1, 0.15) is 36.8 Å². The molecule has 13 heavy (non-hydrogen) atoms. The first-order valence-corrected chi connectivity index (χ1v) is 5.08. The van der Waals surface area contributed by atoms with Gasteiger partial charge in [0.05, 0.1) is 12.5 Å². The number of aryl methyl sites for hydroxylation is 1. The average molecular weight is 179 g/mol. The smallest absolute Gasteiger partial charge is 0.0940 e. The van der Waals surface area contributed by atoms with E-state index < -0.39 is 0 Å². The van der Waals surface area contributed by atoms with E-state index in [1.54, 1.807) is 0 Å². The van der Waals surface area contributed by atoms with Crippen molar-refractivity contribution >= 4 is 0 Å². The highest BCUT2D eigenvalue weighted by Gasteiger charge is 2.26. The second-order valence-corrected chi connectivity index (χ2v) is 4.05. The van der Waals surface area contributed by atoms with Crippen molar-refractivity contribution in [1.29, 1.82) is 0 Å². The van der Waals surface area contributed by atoms with Crippen LogP contribution in [0.2, 0.25) is 0 Å². The van der Waals surface area contributed by atoms with Crippen LogP contribution in [0.15, 0.2) is 16.9 Å². The van der Waals surface area contributed by atoms with E-state index in [4.69, 9.17) is 10.2 Å². The molecule has 0 amide bonds. The van der Waals surface area contributed by atoms with Crippen LogP contribution in [0.25, 0.3) is 0 Å². The molecule has 0 aliphatic heterocycles. The standard InChI is InChI=1S/C11H17NO/c1-8-2-3-9-6-13-7-11(9)10(8)4-5-12/h6-8,10H,2-5,12H2,1H3. The van der Waals surface area contributed by atoms with E-state index >= 15 is 0 Å². The van der Waals surface area contributed by atoms with E-state index in [2.05, 4.69) is 6.92 Å². The van der Waals surface area contributed by atoms with Crippen molar-refractivity contribution in [2.75, 3.05) is 6.54 Å². The summed E-state index contributed by atoms with van der Waals surface area (Å²) in [4.78, 5) is 0. The minimum Gasteiger partial charge on any atom is -0.472 e. The first-order chi connectivity index (χ1) is 6.33. The van der Waals surface area contributed by atoms with Crippen molar-refractivity contribution in [3.63, 3.8) is 0 Å². The highest BCUT2D eigenvalue weighted by molar-refractivity contribution is 5.28. The van der Waals surface area contributed by atoms with Gasteiger partial charge >= 0.3 is 0 Å². The molecule has 0 spiro atoms. The molecule has 0 aromatic carbocycles. The molecule has 0 saturated carbocycles. The van der Waals surface area contributed by atoms with Crippen LogP contribution in [-0.4, -0.2) is 6.54 Å². The Morgan fingerprint density at radius 3 is 3.15 bits per heavy atom. The molecule has 0 bridgehead atoms. The molecule has 2 nitrogen and oxygen atoms in total. The van der Waals surface area contributed by atoms with Crippen molar-refractivity contribution in [2.24, 2.45) is 11.7 Å². The maximum atomic E-state index is 5.62. The van der Waals surface area contributed by atoms with Crippen LogP contribution in [0.4, 0.5) is 0 Å². The summed E-state index contributed by atoms with van der Waals surface area (Å²) in [6.45, 7) is 3.09. The lowest BCUT2D eigenvalue weighted by Crippen LogP contribution is -2.19. The summed E-state index contributed by atoms with van der Waals surface area (Å²) in [6.07, 6.45) is 7.34. The quantitative estimate of drug-likeness (QED) is 0.756. The number of hydrogen-bond acceptors (Lipinski definition) is 2. The topological polar surface area (TPSA) is 39.2 Å². The van der Waals surface area contributed by atoms with Crippen LogP contribution in [0.3, 0.4) is 0 Å². The fraction of sp³-hybridized carbons (Fsp3) is 0.636. The Kier molecular flexibility index (Phi) is 2.40. The van der Waals surface area contributed by atoms with E-state index in [1.165, 1.54) is 24.0 Å². The Labute approximate surface area is 79.1 Å². The van der Waals surface area contributed by atoms with Gasteiger partial charge in [0, 0.05) is 0 Å². The fourth-order valence-corrected chi connectivity index (χ4v) is 2.37. The summed E-state index contributed by atoms with van der Waals surface area (Å²) < 4.78 is 5.25. The third kappa shape index (κ3) is 1.51. The van der Waals surface area contributed by atoms with Crippen molar-refractivity contribution < 1.29 is 4.42 Å². The van der Waals surface area contributed by atoms with Gasteiger partial charge in [0.15, 0.2) is 0 Å². The molecule has 2 heteroatoms. The van der Waals surface area contributed by atoms with Crippen LogP contribution < -0.4 is 5.73 Å². The van der Waals surface area contributed by atoms with Gasteiger partial charge in [-0.05, 0) is 48.8 Å². The zero-order chi connectivity index (χ0) is 9.26. The summed E-state index contributed by atoms with van der Waals surface area (Å²) in [7, 11) is 0. The number of hydrogen-bond donors (Lipinski definition) is 1. The predicted molar refractivity (Wildman–Crippen MR) is 52.6 cm³/mol. The molecule has 1 aromatic heterocycles. The Balaban J connectivity index is 2.25. The van der Waals surface area contributed by atoms with Gasteiger partial charge in [-0.3, -0.25) is 0 Å². The number of fused-ring (bicyclic) bond motifs is 1. The SMILES string of the molecule is CC1CCc2cocc2C1CCN. The molecular weight excluding hydrogens is 162 g/mol. The van der Waals surface area contributed by atoms with Gasteiger partial charge in [-0.15, -0.1) is 0 Å². The lowest BCUT2D eigenvalue weighted by Gasteiger charge is -2.28. The molecule has 2 atom stereocenters.